The van der Waals surface area contributed by atoms with Gasteiger partial charge in [0.25, 0.3) is 0 Å². The number of fused-ring (bicyclic) bond motifs is 6. The van der Waals surface area contributed by atoms with Crippen LogP contribution in [0.15, 0.2) is 51.6 Å². The second kappa shape index (κ2) is 8.08. The van der Waals surface area contributed by atoms with E-state index in [1.807, 2.05) is 36.0 Å². The molecule has 1 N–H and O–H groups in total. The summed E-state index contributed by atoms with van der Waals surface area (Å²) in [5.74, 6) is 2.98. The number of ether oxygens (including phenoxy) is 1. The van der Waals surface area contributed by atoms with Gasteiger partial charge in [0.05, 0.1) is 12.1 Å². The van der Waals surface area contributed by atoms with E-state index in [1.54, 1.807) is 23.0 Å². The van der Waals surface area contributed by atoms with Crippen LogP contribution >= 0.6 is 34.4 Å². The Labute approximate surface area is 198 Å². The van der Waals surface area contributed by atoms with E-state index in [9.17, 15) is 9.59 Å². The first-order valence-corrected chi connectivity index (χ1v) is 13.6. The van der Waals surface area contributed by atoms with E-state index >= 15 is 0 Å². The van der Waals surface area contributed by atoms with Gasteiger partial charge in [-0.05, 0) is 72.7 Å². The maximum Gasteiger partial charge on any atom is 0.308 e. The van der Waals surface area contributed by atoms with Gasteiger partial charge in [0.1, 0.15) is 12.3 Å². The van der Waals surface area contributed by atoms with Crippen molar-refractivity contribution in [3.8, 4) is 5.75 Å². The van der Waals surface area contributed by atoms with Gasteiger partial charge in [0.2, 0.25) is 5.91 Å². The van der Waals surface area contributed by atoms with Crippen molar-refractivity contribution in [2.75, 3.05) is 12.4 Å². The van der Waals surface area contributed by atoms with Crippen molar-refractivity contribution in [2.45, 2.75) is 42.0 Å². The molecular formula is C24H24N2O3S3. The van der Waals surface area contributed by atoms with E-state index in [-0.39, 0.29) is 17.3 Å². The molecule has 3 aromatic rings. The zero-order valence-corrected chi connectivity index (χ0v) is 20.1. The van der Waals surface area contributed by atoms with Gasteiger partial charge in [0, 0.05) is 26.6 Å². The Kier molecular flexibility index (Phi) is 5.19. The Balaban J connectivity index is 1.32. The van der Waals surface area contributed by atoms with Crippen molar-refractivity contribution in [3.63, 3.8) is 0 Å². The fraction of sp³-hybridized carbons (Fsp3) is 0.417. The highest BCUT2D eigenvalue weighted by atomic mass is 32.2. The molecule has 2 fully saturated rings. The number of thiazole rings is 1. The van der Waals surface area contributed by atoms with Gasteiger partial charge in [-0.1, -0.05) is 17.4 Å². The topological polar surface area (TPSA) is 60.3 Å². The molecule has 8 heteroatoms. The molecule has 5 nitrogen and oxygen atoms in total. The summed E-state index contributed by atoms with van der Waals surface area (Å²) in [5, 5.41) is 6.64. The van der Waals surface area contributed by atoms with Crippen molar-refractivity contribution in [3.05, 3.63) is 61.2 Å². The Morgan fingerprint density at radius 3 is 2.75 bits per heavy atom. The summed E-state index contributed by atoms with van der Waals surface area (Å²) in [4.78, 5) is 28.4. The average molecular weight is 485 g/mol. The van der Waals surface area contributed by atoms with Gasteiger partial charge >= 0.3 is 4.87 Å². The third-order valence-corrected chi connectivity index (χ3v) is 11.0. The van der Waals surface area contributed by atoms with Crippen molar-refractivity contribution in [1.82, 2.24) is 4.57 Å². The number of nitrogens with zero attached hydrogens (tertiary/aromatic N) is 1. The maximum absolute atomic E-state index is 13.1. The number of methoxy groups -OCH3 is 1. The summed E-state index contributed by atoms with van der Waals surface area (Å²) >= 11 is 5.02. The Morgan fingerprint density at radius 1 is 1.19 bits per heavy atom. The summed E-state index contributed by atoms with van der Waals surface area (Å²) < 4.78 is 6.89. The Bertz CT molecular complexity index is 1200. The first-order chi connectivity index (χ1) is 15.6. The van der Waals surface area contributed by atoms with Gasteiger partial charge in [-0.2, -0.15) is 0 Å². The highest BCUT2D eigenvalue weighted by Gasteiger charge is 2.55. The standard InChI is InChI=1S/C24H24N2O3S3/c1-29-16-8-6-15(7-9-16)25-18(27)12-26-23-22(32-24(26)28)20(17-3-2-10-30-17)19-13-4-5-14(11-13)21(19)31-23/h2-3,6-10,13-14,19-21H,4-5,11-12H2,1H3,(H,25,27)/t13-,14+,19+,20-,21-/m0/s1. The zero-order valence-electron chi connectivity index (χ0n) is 17.7. The molecule has 2 aliphatic carbocycles. The van der Waals surface area contributed by atoms with E-state index < -0.39 is 0 Å². The molecule has 1 amide bonds. The predicted octanol–water partition coefficient (Wildman–Crippen LogP) is 5.27. The molecule has 166 valence electrons. The lowest BCUT2D eigenvalue weighted by atomic mass is 9.77. The van der Waals surface area contributed by atoms with E-state index in [4.69, 9.17) is 4.74 Å². The molecular weight excluding hydrogens is 460 g/mol. The number of hydrogen-bond acceptors (Lipinski definition) is 6. The Hall–Kier alpha value is -2.03. The minimum atomic E-state index is -0.179. The first-order valence-electron chi connectivity index (χ1n) is 11.0. The van der Waals surface area contributed by atoms with Crippen LogP contribution in [0.4, 0.5) is 5.69 Å². The number of rotatable bonds is 5. The third-order valence-electron chi connectivity index (χ3n) is 7.22. The fourth-order valence-corrected chi connectivity index (χ4v) is 10.0. The second-order valence-electron chi connectivity index (χ2n) is 8.89. The van der Waals surface area contributed by atoms with E-state index in [0.717, 1.165) is 22.6 Å². The van der Waals surface area contributed by atoms with Gasteiger partial charge in [-0.3, -0.25) is 14.2 Å². The van der Waals surface area contributed by atoms with Crippen LogP contribution < -0.4 is 14.9 Å². The molecule has 2 aromatic heterocycles. The molecule has 1 aromatic carbocycles. The minimum Gasteiger partial charge on any atom is -0.497 e. The van der Waals surface area contributed by atoms with Crippen molar-refractivity contribution in [1.29, 1.82) is 0 Å². The zero-order chi connectivity index (χ0) is 21.8. The number of nitrogens with one attached hydrogen (secondary N) is 1. The van der Waals surface area contributed by atoms with Crippen LogP contribution in [0.3, 0.4) is 0 Å². The summed E-state index contributed by atoms with van der Waals surface area (Å²) in [6, 6.07) is 11.6. The van der Waals surface area contributed by atoms with Gasteiger partial charge in [-0.15, -0.1) is 23.1 Å². The maximum atomic E-state index is 13.1. The van der Waals surface area contributed by atoms with Gasteiger partial charge in [-0.25, -0.2) is 0 Å². The predicted molar refractivity (Wildman–Crippen MR) is 130 cm³/mol. The molecule has 6 rings (SSSR count). The quantitative estimate of drug-likeness (QED) is 0.536. The largest absolute Gasteiger partial charge is 0.497 e. The van der Waals surface area contributed by atoms with Crippen molar-refractivity contribution in [2.24, 2.45) is 17.8 Å². The minimum absolute atomic E-state index is 0.0266. The number of thioether (sulfide) groups is 1. The summed E-state index contributed by atoms with van der Waals surface area (Å²) in [6.07, 6.45) is 3.95. The molecule has 0 radical (unpaired) electrons. The van der Waals surface area contributed by atoms with Crippen LogP contribution in [-0.2, 0) is 11.3 Å². The molecule has 2 bridgehead atoms. The number of hydrogen-bond donors (Lipinski definition) is 1. The molecule has 3 heterocycles. The van der Waals surface area contributed by atoms with Crippen LogP contribution in [0.5, 0.6) is 5.75 Å². The van der Waals surface area contributed by atoms with E-state index in [2.05, 4.69) is 22.8 Å². The first kappa shape index (κ1) is 20.6. The second-order valence-corrected chi connectivity index (χ2v) is 12.0. The lowest BCUT2D eigenvalue weighted by molar-refractivity contribution is -0.116. The number of amides is 1. The third kappa shape index (κ3) is 3.35. The van der Waals surface area contributed by atoms with Crippen LogP contribution in [0, 0.1) is 17.8 Å². The highest BCUT2D eigenvalue weighted by Crippen LogP contribution is 2.64. The van der Waals surface area contributed by atoms with Gasteiger partial charge in [0.15, 0.2) is 0 Å². The van der Waals surface area contributed by atoms with Gasteiger partial charge < -0.3 is 10.1 Å². The lowest BCUT2D eigenvalue weighted by Crippen LogP contribution is -2.34. The fourth-order valence-electron chi connectivity index (χ4n) is 5.89. The molecule has 0 spiro atoms. The van der Waals surface area contributed by atoms with E-state index in [0.29, 0.717) is 22.8 Å². The number of thiophene rings is 1. The smallest absolute Gasteiger partial charge is 0.308 e. The summed E-state index contributed by atoms with van der Waals surface area (Å²) in [7, 11) is 1.61. The molecule has 0 saturated heterocycles. The Morgan fingerprint density at radius 2 is 2.00 bits per heavy atom. The molecule has 32 heavy (non-hydrogen) atoms. The summed E-state index contributed by atoms with van der Waals surface area (Å²) in [5.41, 5.74) is 0.699. The average Bonchev–Trinajstić information content (AvgIpc) is 3.59. The summed E-state index contributed by atoms with van der Waals surface area (Å²) in [6.45, 7) is 0.0480. The number of benzene rings is 1. The molecule has 1 aliphatic heterocycles. The number of anilines is 1. The van der Waals surface area contributed by atoms with Crippen molar-refractivity contribution >= 4 is 46.0 Å². The monoisotopic (exact) mass is 484 g/mol. The molecule has 5 atom stereocenters. The normalized spacial score (nSPS) is 27.7. The number of aromatic nitrogens is 1. The lowest BCUT2D eigenvalue weighted by Gasteiger charge is -2.40. The SMILES string of the molecule is COc1ccc(NC(=O)Cn2c3c(sc2=O)[C@@H](c2cccs2)[C@H]2[C@H]4CC[C@H](C4)[C@@H]2S3)cc1. The molecule has 3 aliphatic rings. The van der Waals surface area contributed by atoms with E-state index in [1.165, 1.54) is 40.4 Å². The van der Waals surface area contributed by atoms with Crippen LogP contribution in [-0.4, -0.2) is 22.8 Å². The number of carbonyl (C=O) groups is 1. The van der Waals surface area contributed by atoms with Crippen LogP contribution in [0.1, 0.15) is 34.9 Å². The van der Waals surface area contributed by atoms with Crippen molar-refractivity contribution < 1.29 is 9.53 Å². The molecule has 2 saturated carbocycles. The molecule has 0 unspecified atom stereocenters. The van der Waals surface area contributed by atoms with Crippen LogP contribution in [0.25, 0.3) is 0 Å². The number of carbonyl (C=O) groups excluding carboxylic acids is 1. The highest BCUT2D eigenvalue weighted by molar-refractivity contribution is 8.00. The van der Waals surface area contributed by atoms with Crippen LogP contribution in [0.2, 0.25) is 0 Å².